The third kappa shape index (κ3) is 70.9. The summed E-state index contributed by atoms with van der Waals surface area (Å²) in [5.74, 6) is 0.232. The molecule has 0 radical (unpaired) electrons. The first-order valence-electron chi connectivity index (χ1n) is 40.4. The van der Waals surface area contributed by atoms with E-state index < -0.39 is 97.5 Å². The molecule has 0 saturated carbocycles. The largest absolute Gasteiger partial charge is 0.472 e. The average molecular weight is 1420 g/mol. The summed E-state index contributed by atoms with van der Waals surface area (Å²) < 4.78 is 68.6. The number of carbonyl (C=O) groups is 4. The Kier molecular flexibility index (Phi) is 67.1. The van der Waals surface area contributed by atoms with Gasteiger partial charge in [-0.3, -0.25) is 37.3 Å². The van der Waals surface area contributed by atoms with Crippen LogP contribution >= 0.6 is 15.6 Å². The zero-order valence-corrected chi connectivity index (χ0v) is 65.3. The van der Waals surface area contributed by atoms with Gasteiger partial charge in [0.1, 0.15) is 19.3 Å². The summed E-state index contributed by atoms with van der Waals surface area (Å²) in [5, 5.41) is 10.6. The van der Waals surface area contributed by atoms with Gasteiger partial charge in [0.2, 0.25) is 0 Å². The standard InChI is InChI=1S/C78H152O17P2/c1-8-10-11-12-13-14-23-30-38-45-52-59-75(80)88-66-74(95-78(83)62-55-48-41-34-33-37-44-51-58-71(7)9-2)68-93-97(86,87)91-64-72(79)63-90-96(84,85)92-67-73(65-89-76(81)60-53-46-39-31-27-26-29-36-43-50-57-70(5)6)94-77(82)61-54-47-40-32-25-22-20-18-16-15-17-19-21-24-28-35-42-49-56-69(3)4/h69-74,79H,8-68H2,1-7H3,(H,84,85)(H,86,87)/t71?,72-,73-,74-/m1/s1. The summed E-state index contributed by atoms with van der Waals surface area (Å²) in [5.41, 5.74) is 0. The number of phosphoric acid groups is 2. The van der Waals surface area contributed by atoms with Crippen molar-refractivity contribution in [2.24, 2.45) is 17.8 Å². The van der Waals surface area contributed by atoms with Gasteiger partial charge in [-0.2, -0.15) is 0 Å². The molecule has 6 atom stereocenters. The molecule has 3 N–H and O–H groups in total. The van der Waals surface area contributed by atoms with Gasteiger partial charge in [-0.15, -0.1) is 0 Å². The number of hydrogen-bond acceptors (Lipinski definition) is 15. The van der Waals surface area contributed by atoms with Gasteiger partial charge in [0, 0.05) is 25.7 Å². The van der Waals surface area contributed by atoms with Gasteiger partial charge in [0.15, 0.2) is 12.2 Å². The molecule has 0 aliphatic rings. The van der Waals surface area contributed by atoms with Gasteiger partial charge in [-0.25, -0.2) is 9.13 Å². The summed E-state index contributed by atoms with van der Waals surface area (Å²) in [7, 11) is -9.91. The molecule has 0 heterocycles. The molecule has 0 aliphatic carbocycles. The van der Waals surface area contributed by atoms with Crippen molar-refractivity contribution in [3.8, 4) is 0 Å². The van der Waals surface area contributed by atoms with E-state index in [2.05, 4.69) is 48.5 Å². The normalized spacial score (nSPS) is 14.3. The van der Waals surface area contributed by atoms with Crippen molar-refractivity contribution in [3.05, 3.63) is 0 Å². The molecule has 0 aromatic carbocycles. The number of phosphoric ester groups is 2. The van der Waals surface area contributed by atoms with E-state index in [4.69, 9.17) is 37.0 Å². The van der Waals surface area contributed by atoms with Crippen LogP contribution in [0.2, 0.25) is 0 Å². The maximum atomic E-state index is 13.1. The van der Waals surface area contributed by atoms with Crippen LogP contribution in [0.3, 0.4) is 0 Å². The van der Waals surface area contributed by atoms with E-state index in [1.807, 2.05) is 0 Å². The average Bonchev–Trinajstić information content (AvgIpc) is 2.51. The molecule has 0 aliphatic heterocycles. The molecule has 17 nitrogen and oxygen atoms in total. The molecular weight excluding hydrogens is 1270 g/mol. The highest BCUT2D eigenvalue weighted by Crippen LogP contribution is 2.45. The van der Waals surface area contributed by atoms with Crippen LogP contribution in [0.1, 0.15) is 402 Å². The van der Waals surface area contributed by atoms with E-state index in [9.17, 15) is 43.2 Å². The number of unbranched alkanes of at least 4 members (excludes halogenated alkanes) is 43. The lowest BCUT2D eigenvalue weighted by Crippen LogP contribution is -2.30. The topological polar surface area (TPSA) is 237 Å². The number of aliphatic hydroxyl groups excluding tert-OH is 1. The number of aliphatic hydroxyl groups is 1. The van der Waals surface area contributed by atoms with Gasteiger partial charge in [-0.1, -0.05) is 350 Å². The first kappa shape index (κ1) is 95.1. The van der Waals surface area contributed by atoms with Crippen LogP contribution in [-0.2, 0) is 65.4 Å². The van der Waals surface area contributed by atoms with E-state index in [1.165, 1.54) is 212 Å². The molecule has 3 unspecified atom stereocenters. The molecule has 0 spiro atoms. The van der Waals surface area contributed by atoms with Crippen molar-refractivity contribution >= 4 is 39.5 Å². The molecule has 0 aromatic rings. The molecule has 19 heteroatoms. The van der Waals surface area contributed by atoms with Crippen LogP contribution < -0.4 is 0 Å². The Morgan fingerprint density at radius 2 is 0.526 bits per heavy atom. The highest BCUT2D eigenvalue weighted by atomic mass is 31.2. The van der Waals surface area contributed by atoms with Crippen LogP contribution in [-0.4, -0.2) is 96.7 Å². The molecule has 97 heavy (non-hydrogen) atoms. The minimum absolute atomic E-state index is 0.105. The molecule has 576 valence electrons. The van der Waals surface area contributed by atoms with Gasteiger partial charge < -0.3 is 33.8 Å². The molecule has 0 fully saturated rings. The second-order valence-corrected chi connectivity index (χ2v) is 32.2. The van der Waals surface area contributed by atoms with Crippen molar-refractivity contribution in [3.63, 3.8) is 0 Å². The number of esters is 4. The minimum atomic E-state index is -4.96. The summed E-state index contributed by atoms with van der Waals surface area (Å²) in [6, 6.07) is 0. The lowest BCUT2D eigenvalue weighted by Gasteiger charge is -2.21. The van der Waals surface area contributed by atoms with E-state index in [0.717, 1.165) is 108 Å². The molecule has 0 saturated heterocycles. The van der Waals surface area contributed by atoms with Crippen molar-refractivity contribution in [1.82, 2.24) is 0 Å². The fourth-order valence-electron chi connectivity index (χ4n) is 11.9. The lowest BCUT2D eigenvalue weighted by atomic mass is 9.99. The van der Waals surface area contributed by atoms with Gasteiger partial charge >= 0.3 is 39.5 Å². The summed E-state index contributed by atoms with van der Waals surface area (Å²) in [6.45, 7) is 11.9. The molecule has 0 aromatic heterocycles. The Morgan fingerprint density at radius 1 is 0.299 bits per heavy atom. The highest BCUT2D eigenvalue weighted by molar-refractivity contribution is 7.47. The van der Waals surface area contributed by atoms with Crippen molar-refractivity contribution in [2.45, 2.75) is 420 Å². The summed E-state index contributed by atoms with van der Waals surface area (Å²) in [4.78, 5) is 72.9. The Bertz CT molecular complexity index is 1890. The molecule has 0 bridgehead atoms. The van der Waals surface area contributed by atoms with E-state index in [1.54, 1.807) is 0 Å². The molecular formula is C78H152O17P2. The molecule has 0 amide bonds. The third-order valence-corrected chi connectivity index (χ3v) is 20.4. The van der Waals surface area contributed by atoms with E-state index in [0.29, 0.717) is 25.7 Å². The second kappa shape index (κ2) is 68.5. The van der Waals surface area contributed by atoms with Crippen molar-refractivity contribution in [2.75, 3.05) is 39.6 Å². The lowest BCUT2D eigenvalue weighted by molar-refractivity contribution is -0.161. The van der Waals surface area contributed by atoms with Gasteiger partial charge in [-0.05, 0) is 43.4 Å². The minimum Gasteiger partial charge on any atom is -0.462 e. The third-order valence-electron chi connectivity index (χ3n) is 18.5. The van der Waals surface area contributed by atoms with Crippen LogP contribution in [0.25, 0.3) is 0 Å². The monoisotopic (exact) mass is 1420 g/mol. The van der Waals surface area contributed by atoms with Crippen LogP contribution in [0, 0.1) is 17.8 Å². The van der Waals surface area contributed by atoms with Crippen LogP contribution in [0.15, 0.2) is 0 Å². The summed E-state index contributed by atoms with van der Waals surface area (Å²) >= 11 is 0. The second-order valence-electron chi connectivity index (χ2n) is 29.3. The van der Waals surface area contributed by atoms with Gasteiger partial charge in [0.05, 0.1) is 26.4 Å². The summed E-state index contributed by atoms with van der Waals surface area (Å²) in [6.07, 6.45) is 55.5. The van der Waals surface area contributed by atoms with Crippen molar-refractivity contribution < 1.29 is 80.2 Å². The maximum Gasteiger partial charge on any atom is 0.472 e. The molecule has 0 rings (SSSR count). The number of hydrogen-bond donors (Lipinski definition) is 3. The van der Waals surface area contributed by atoms with E-state index >= 15 is 0 Å². The zero-order valence-electron chi connectivity index (χ0n) is 63.5. The number of ether oxygens (including phenoxy) is 4. The predicted octanol–water partition coefficient (Wildman–Crippen LogP) is 23.0. The van der Waals surface area contributed by atoms with E-state index in [-0.39, 0.29) is 25.7 Å². The Hall–Kier alpha value is -1.94. The van der Waals surface area contributed by atoms with Gasteiger partial charge in [0.25, 0.3) is 0 Å². The maximum absolute atomic E-state index is 13.1. The first-order chi connectivity index (χ1) is 46.8. The van der Waals surface area contributed by atoms with Crippen LogP contribution in [0.4, 0.5) is 0 Å². The SMILES string of the molecule is CCCCCCCCCCCCCC(=O)OC[C@H](COP(=O)(O)OC[C@H](O)COP(=O)(O)OC[C@@H](COC(=O)CCCCCCCCCCCCC(C)C)OC(=O)CCCCCCCCCCCCCCCCCCCCC(C)C)OC(=O)CCCCCCCCCCC(C)CC. The highest BCUT2D eigenvalue weighted by Gasteiger charge is 2.30. The van der Waals surface area contributed by atoms with Crippen molar-refractivity contribution in [1.29, 1.82) is 0 Å². The Morgan fingerprint density at radius 3 is 0.784 bits per heavy atom. The van der Waals surface area contributed by atoms with Crippen LogP contribution in [0.5, 0.6) is 0 Å². The number of rotatable bonds is 76. The fourth-order valence-corrected chi connectivity index (χ4v) is 13.5. The zero-order chi connectivity index (χ0) is 71.6. The fraction of sp³-hybridized carbons (Fsp3) is 0.949. The quantitative estimate of drug-likeness (QED) is 0.0222. The Labute approximate surface area is 594 Å². The predicted molar refractivity (Wildman–Crippen MR) is 395 cm³/mol. The smallest absolute Gasteiger partial charge is 0.462 e. The number of carbonyl (C=O) groups excluding carboxylic acids is 4. The first-order valence-corrected chi connectivity index (χ1v) is 43.4. The Balaban J connectivity index is 5.22.